The van der Waals surface area contributed by atoms with E-state index in [4.69, 9.17) is 28.8 Å². The quantitative estimate of drug-likeness (QED) is 0.179. The molecule has 0 N–H and O–H groups in total. The third kappa shape index (κ3) is 4.96. The molecular formula is C48H28N4O2. The second kappa shape index (κ2) is 12.1. The van der Waals surface area contributed by atoms with Gasteiger partial charge in [0.05, 0.1) is 0 Å². The van der Waals surface area contributed by atoms with E-state index >= 15 is 0 Å². The molecule has 8 aromatic carbocycles. The van der Waals surface area contributed by atoms with Crippen LogP contribution in [0.3, 0.4) is 0 Å². The third-order valence-electron chi connectivity index (χ3n) is 10.2. The highest BCUT2D eigenvalue weighted by Crippen LogP contribution is 2.41. The predicted molar refractivity (Wildman–Crippen MR) is 217 cm³/mol. The smallest absolute Gasteiger partial charge is 0.227 e. The fourth-order valence-electron chi connectivity index (χ4n) is 7.55. The van der Waals surface area contributed by atoms with Crippen molar-refractivity contribution in [1.82, 2.24) is 19.9 Å². The number of nitrogens with zero attached hydrogens (tertiary/aromatic N) is 4. The molecular weight excluding hydrogens is 665 g/mol. The fourth-order valence-corrected chi connectivity index (χ4v) is 7.55. The second-order valence-corrected chi connectivity index (χ2v) is 13.4. The Labute approximate surface area is 309 Å². The minimum Gasteiger partial charge on any atom is -0.455 e. The van der Waals surface area contributed by atoms with Crippen LogP contribution in [0.5, 0.6) is 0 Å². The number of furan rings is 1. The molecule has 6 nitrogen and oxygen atoms in total. The first-order valence-electron chi connectivity index (χ1n) is 17.9. The van der Waals surface area contributed by atoms with E-state index in [-0.39, 0.29) is 0 Å². The van der Waals surface area contributed by atoms with Gasteiger partial charge in [0, 0.05) is 44.7 Å². The number of hydrogen-bond acceptors (Lipinski definition) is 6. The summed E-state index contributed by atoms with van der Waals surface area (Å²) in [6.45, 7) is 0. The van der Waals surface area contributed by atoms with Gasteiger partial charge in [0.1, 0.15) is 16.7 Å². The van der Waals surface area contributed by atoms with E-state index in [1.165, 1.54) is 5.39 Å². The van der Waals surface area contributed by atoms with E-state index in [0.717, 1.165) is 82.6 Å². The number of oxazole rings is 1. The predicted octanol–water partition coefficient (Wildman–Crippen LogP) is 12.6. The van der Waals surface area contributed by atoms with Crippen LogP contribution in [-0.4, -0.2) is 19.9 Å². The van der Waals surface area contributed by atoms with E-state index in [1.54, 1.807) is 0 Å². The van der Waals surface area contributed by atoms with Gasteiger partial charge < -0.3 is 8.83 Å². The lowest BCUT2D eigenvalue weighted by Gasteiger charge is -2.12. The normalized spacial score (nSPS) is 11.7. The molecule has 0 fully saturated rings. The summed E-state index contributed by atoms with van der Waals surface area (Å²) < 4.78 is 13.1. The van der Waals surface area contributed by atoms with Gasteiger partial charge in [0.15, 0.2) is 23.1 Å². The summed E-state index contributed by atoms with van der Waals surface area (Å²) in [5.74, 6) is 2.46. The largest absolute Gasteiger partial charge is 0.455 e. The second-order valence-electron chi connectivity index (χ2n) is 13.4. The zero-order chi connectivity index (χ0) is 35.6. The summed E-state index contributed by atoms with van der Waals surface area (Å²) >= 11 is 0. The Balaban J connectivity index is 1.04. The molecule has 0 saturated carbocycles. The SMILES string of the molecule is c1ccc(-c2nc(-c3ccccc3)nc(-c3cccc4c(-c5cccc6c5oc5cc7nc(-c8ccc9ccccc9c8)oc7cc56)cccc34)n2)cc1. The lowest BCUT2D eigenvalue weighted by molar-refractivity contribution is 0.620. The van der Waals surface area contributed by atoms with Crippen molar-refractivity contribution in [3.05, 3.63) is 170 Å². The molecule has 0 unspecified atom stereocenters. The summed E-state index contributed by atoms with van der Waals surface area (Å²) in [7, 11) is 0. The van der Waals surface area contributed by atoms with Crippen LogP contribution in [0.15, 0.2) is 179 Å². The highest BCUT2D eigenvalue weighted by molar-refractivity contribution is 6.15. The maximum atomic E-state index is 6.70. The zero-order valence-electron chi connectivity index (χ0n) is 28.8. The maximum absolute atomic E-state index is 6.70. The van der Waals surface area contributed by atoms with Gasteiger partial charge in [-0.2, -0.15) is 0 Å². The Morgan fingerprint density at radius 1 is 0.333 bits per heavy atom. The molecule has 11 aromatic rings. The van der Waals surface area contributed by atoms with Crippen molar-refractivity contribution < 1.29 is 8.83 Å². The molecule has 0 spiro atoms. The minimum absolute atomic E-state index is 0.588. The summed E-state index contributed by atoms with van der Waals surface area (Å²) in [6.07, 6.45) is 0. The van der Waals surface area contributed by atoms with Gasteiger partial charge >= 0.3 is 0 Å². The lowest BCUT2D eigenvalue weighted by Crippen LogP contribution is -2.00. The van der Waals surface area contributed by atoms with Gasteiger partial charge in [-0.15, -0.1) is 0 Å². The summed E-state index contributed by atoms with van der Waals surface area (Å²) in [6, 6.07) is 57.7. The highest BCUT2D eigenvalue weighted by Gasteiger charge is 2.19. The Morgan fingerprint density at radius 3 is 1.69 bits per heavy atom. The summed E-state index contributed by atoms with van der Waals surface area (Å²) in [5, 5.41) is 6.43. The van der Waals surface area contributed by atoms with Crippen LogP contribution >= 0.6 is 0 Å². The number of rotatable bonds is 5. The van der Waals surface area contributed by atoms with E-state index < -0.39 is 0 Å². The first kappa shape index (κ1) is 30.2. The van der Waals surface area contributed by atoms with E-state index in [2.05, 4.69) is 91.0 Å². The van der Waals surface area contributed by atoms with Crippen LogP contribution in [0.2, 0.25) is 0 Å². The molecule has 0 atom stereocenters. The van der Waals surface area contributed by atoms with E-state index in [9.17, 15) is 0 Å². The Hall–Kier alpha value is -7.44. The summed E-state index contributed by atoms with van der Waals surface area (Å²) in [5.41, 5.74) is 8.83. The van der Waals surface area contributed by atoms with Gasteiger partial charge in [-0.25, -0.2) is 19.9 Å². The molecule has 0 saturated heterocycles. The minimum atomic E-state index is 0.588. The standard InChI is InChI=1S/C48H28N4O2/c1-3-13-30(14-4-1)45-50-46(31-15-5-2-6-16-31)52-47(51-45)39-23-10-18-34-35(19-9-20-36(34)39)37-21-11-22-38-40-27-43-41(28-42(40)53-44(37)38)49-48(54-43)33-25-24-29-12-7-8-17-32(29)26-33/h1-28H. The molecule has 11 rings (SSSR count). The average Bonchev–Trinajstić information content (AvgIpc) is 3.83. The monoisotopic (exact) mass is 692 g/mol. The molecule has 0 amide bonds. The molecule has 3 aromatic heterocycles. The van der Waals surface area contributed by atoms with Crippen LogP contribution < -0.4 is 0 Å². The molecule has 0 bridgehead atoms. The van der Waals surface area contributed by atoms with Crippen molar-refractivity contribution in [3.8, 4) is 56.7 Å². The van der Waals surface area contributed by atoms with Crippen molar-refractivity contribution in [2.24, 2.45) is 0 Å². The van der Waals surface area contributed by atoms with Crippen molar-refractivity contribution in [2.75, 3.05) is 0 Å². The maximum Gasteiger partial charge on any atom is 0.227 e. The highest BCUT2D eigenvalue weighted by atomic mass is 16.4. The number of fused-ring (bicyclic) bond motifs is 6. The lowest BCUT2D eigenvalue weighted by atomic mass is 9.94. The van der Waals surface area contributed by atoms with Gasteiger partial charge in [0.25, 0.3) is 0 Å². The Kier molecular flexibility index (Phi) is 6.75. The number of hydrogen-bond donors (Lipinski definition) is 0. The molecule has 0 aliphatic carbocycles. The van der Waals surface area contributed by atoms with Crippen LogP contribution in [0, 0.1) is 0 Å². The average molecular weight is 693 g/mol. The van der Waals surface area contributed by atoms with Gasteiger partial charge in [0.2, 0.25) is 5.89 Å². The fraction of sp³-hybridized carbons (Fsp3) is 0. The van der Waals surface area contributed by atoms with Crippen LogP contribution in [0.25, 0.3) is 111 Å². The molecule has 252 valence electrons. The van der Waals surface area contributed by atoms with Gasteiger partial charge in [-0.05, 0) is 45.3 Å². The van der Waals surface area contributed by atoms with Crippen LogP contribution in [-0.2, 0) is 0 Å². The van der Waals surface area contributed by atoms with Crippen molar-refractivity contribution in [3.63, 3.8) is 0 Å². The molecule has 0 aliphatic heterocycles. The topological polar surface area (TPSA) is 77.8 Å². The van der Waals surface area contributed by atoms with Gasteiger partial charge in [-0.1, -0.05) is 146 Å². The summed E-state index contributed by atoms with van der Waals surface area (Å²) in [4.78, 5) is 19.8. The number of benzene rings is 8. The molecule has 54 heavy (non-hydrogen) atoms. The molecule has 0 radical (unpaired) electrons. The Morgan fingerprint density at radius 2 is 0.944 bits per heavy atom. The van der Waals surface area contributed by atoms with Crippen molar-refractivity contribution in [2.45, 2.75) is 0 Å². The third-order valence-corrected chi connectivity index (χ3v) is 10.2. The van der Waals surface area contributed by atoms with Crippen LogP contribution in [0.4, 0.5) is 0 Å². The first-order chi connectivity index (χ1) is 26.7. The molecule has 6 heteroatoms. The molecule has 0 aliphatic rings. The van der Waals surface area contributed by atoms with E-state index in [0.29, 0.717) is 23.4 Å². The first-order valence-corrected chi connectivity index (χ1v) is 17.9. The van der Waals surface area contributed by atoms with Crippen LogP contribution in [0.1, 0.15) is 0 Å². The number of aromatic nitrogens is 4. The number of para-hydroxylation sites is 1. The molecule has 3 heterocycles. The zero-order valence-corrected chi connectivity index (χ0v) is 28.8. The van der Waals surface area contributed by atoms with Crippen molar-refractivity contribution in [1.29, 1.82) is 0 Å². The van der Waals surface area contributed by atoms with E-state index in [1.807, 2.05) is 78.9 Å². The van der Waals surface area contributed by atoms with Crippen molar-refractivity contribution >= 4 is 54.6 Å². The Bertz CT molecular complexity index is 3160. The van der Waals surface area contributed by atoms with Gasteiger partial charge in [-0.3, -0.25) is 0 Å².